The van der Waals surface area contributed by atoms with Crippen molar-refractivity contribution in [2.75, 3.05) is 18.8 Å². The predicted molar refractivity (Wildman–Crippen MR) is 125 cm³/mol. The Kier molecular flexibility index (Phi) is 9.90. The average molecular weight is 503 g/mol. The first-order valence-corrected chi connectivity index (χ1v) is 14.1. The van der Waals surface area contributed by atoms with Crippen molar-refractivity contribution in [2.45, 2.75) is 88.7 Å². The Balaban J connectivity index is 1.25. The van der Waals surface area contributed by atoms with Crippen LogP contribution in [0.3, 0.4) is 0 Å². The molecular formula is C22H34N2O7S2. The normalized spacial score (nSPS) is 27.4. The van der Waals surface area contributed by atoms with Gasteiger partial charge in [0.1, 0.15) is 6.10 Å². The van der Waals surface area contributed by atoms with Crippen molar-refractivity contribution < 1.29 is 33.9 Å². The molecule has 0 aromatic carbocycles. The lowest BCUT2D eigenvalue weighted by molar-refractivity contribution is -0.197. The smallest absolute Gasteiger partial charge is 0.333 e. The van der Waals surface area contributed by atoms with Crippen LogP contribution in [-0.4, -0.2) is 81.2 Å². The average Bonchev–Trinajstić information content (AvgIpc) is 3.37. The first-order valence-electron chi connectivity index (χ1n) is 11.7. The number of hydroxylamine groups is 2. The van der Waals surface area contributed by atoms with Crippen molar-refractivity contribution in [2.24, 2.45) is 5.92 Å². The van der Waals surface area contributed by atoms with Gasteiger partial charge in [0.25, 0.3) is 11.8 Å². The number of aliphatic hydroxyl groups excluding tert-OH is 1. The van der Waals surface area contributed by atoms with Crippen LogP contribution in [0.5, 0.6) is 0 Å². The summed E-state index contributed by atoms with van der Waals surface area (Å²) in [6.07, 6.45) is 3.51. The van der Waals surface area contributed by atoms with Gasteiger partial charge in [-0.05, 0) is 32.2 Å². The summed E-state index contributed by atoms with van der Waals surface area (Å²) in [4.78, 5) is 54.4. The molecule has 3 saturated heterocycles. The summed E-state index contributed by atoms with van der Waals surface area (Å²) in [5, 5.41) is 11.0. The van der Waals surface area contributed by atoms with Crippen LogP contribution in [0.1, 0.15) is 65.2 Å². The van der Waals surface area contributed by atoms with Crippen molar-refractivity contribution in [3.8, 4) is 0 Å². The van der Waals surface area contributed by atoms with Crippen LogP contribution in [0.2, 0.25) is 0 Å². The molecule has 0 aromatic heterocycles. The standard InChI is InChI=1S/C22H34N2O7S2/c1-14(22(29)30-16-12-18(25)17-4-3-10-23(17)13-16)9-11-32-33-15(2)5-8-21(28)31-24-19(26)6-7-20(24)27/h14-18,25H,3-13H2,1-2H3/t14?,15?,16-,17-,18+/m1/s1. The molecule has 0 aromatic rings. The van der Waals surface area contributed by atoms with Gasteiger partial charge in [-0.3, -0.25) is 19.3 Å². The number of imide groups is 1. The maximum atomic E-state index is 12.5. The largest absolute Gasteiger partial charge is 0.461 e. The molecule has 0 saturated carbocycles. The van der Waals surface area contributed by atoms with Gasteiger partial charge in [0.15, 0.2) is 0 Å². The SMILES string of the molecule is CC(CCC(=O)ON1C(=O)CCC1=O)SSCCC(C)C(=O)O[C@@H]1C[C@H](O)[C@H]2CCCN2C1. The molecule has 9 nitrogen and oxygen atoms in total. The van der Waals surface area contributed by atoms with Gasteiger partial charge >= 0.3 is 11.9 Å². The van der Waals surface area contributed by atoms with E-state index >= 15 is 0 Å². The molecule has 2 amide bonds. The highest BCUT2D eigenvalue weighted by Crippen LogP contribution is 2.32. The third-order valence-electron chi connectivity index (χ3n) is 6.31. The van der Waals surface area contributed by atoms with Gasteiger partial charge in [0.2, 0.25) is 0 Å². The topological polar surface area (TPSA) is 113 Å². The minimum atomic E-state index is -0.583. The summed E-state index contributed by atoms with van der Waals surface area (Å²) < 4.78 is 5.68. The van der Waals surface area contributed by atoms with Crippen LogP contribution in [-0.2, 0) is 28.8 Å². The van der Waals surface area contributed by atoms with Crippen LogP contribution in [0.4, 0.5) is 0 Å². The molecule has 3 aliphatic heterocycles. The van der Waals surface area contributed by atoms with Crippen molar-refractivity contribution >= 4 is 45.3 Å². The second-order valence-corrected chi connectivity index (χ2v) is 12.0. The molecule has 3 aliphatic rings. The number of carbonyl (C=O) groups is 4. The van der Waals surface area contributed by atoms with E-state index in [2.05, 4.69) is 4.90 Å². The monoisotopic (exact) mass is 502 g/mol. The highest BCUT2D eigenvalue weighted by molar-refractivity contribution is 8.76. The minimum absolute atomic E-state index is 0.0858. The number of carbonyl (C=O) groups excluding carboxylic acids is 4. The van der Waals surface area contributed by atoms with E-state index in [1.165, 1.54) is 0 Å². The van der Waals surface area contributed by atoms with Crippen molar-refractivity contribution in [3.63, 3.8) is 0 Å². The van der Waals surface area contributed by atoms with E-state index in [1.54, 1.807) is 21.6 Å². The van der Waals surface area contributed by atoms with Crippen LogP contribution >= 0.6 is 21.6 Å². The maximum Gasteiger partial charge on any atom is 0.333 e. The van der Waals surface area contributed by atoms with Gasteiger partial charge < -0.3 is 14.7 Å². The quantitative estimate of drug-likeness (QED) is 0.195. The van der Waals surface area contributed by atoms with E-state index in [1.807, 2.05) is 13.8 Å². The highest BCUT2D eigenvalue weighted by Gasteiger charge is 2.39. The zero-order chi connectivity index (χ0) is 24.0. The lowest BCUT2D eigenvalue weighted by Crippen LogP contribution is -2.51. The number of ether oxygens (including phenoxy) is 1. The number of rotatable bonds is 11. The van der Waals surface area contributed by atoms with Gasteiger partial charge in [-0.1, -0.05) is 35.4 Å². The van der Waals surface area contributed by atoms with E-state index in [4.69, 9.17) is 9.57 Å². The zero-order valence-corrected chi connectivity index (χ0v) is 20.9. The van der Waals surface area contributed by atoms with Gasteiger partial charge in [-0.2, -0.15) is 0 Å². The number of piperidine rings is 1. The molecule has 0 bridgehead atoms. The molecule has 3 fully saturated rings. The molecular weight excluding hydrogens is 468 g/mol. The second kappa shape index (κ2) is 12.4. The van der Waals surface area contributed by atoms with E-state index < -0.39 is 23.9 Å². The Bertz CT molecular complexity index is 722. The number of hydrogen-bond acceptors (Lipinski definition) is 10. The molecule has 3 rings (SSSR count). The summed E-state index contributed by atoms with van der Waals surface area (Å²) >= 11 is 0. The van der Waals surface area contributed by atoms with Crippen LogP contribution in [0.25, 0.3) is 0 Å². The number of fused-ring (bicyclic) bond motifs is 1. The number of esters is 1. The number of amides is 2. The van der Waals surface area contributed by atoms with E-state index in [9.17, 15) is 24.3 Å². The predicted octanol–water partition coefficient (Wildman–Crippen LogP) is 2.31. The zero-order valence-electron chi connectivity index (χ0n) is 19.3. The number of nitrogens with zero attached hydrogens (tertiary/aromatic N) is 2. The second-order valence-electron chi connectivity index (χ2n) is 9.07. The summed E-state index contributed by atoms with van der Waals surface area (Å²) in [5.74, 6) is -1.18. The van der Waals surface area contributed by atoms with Crippen molar-refractivity contribution in [1.82, 2.24) is 9.96 Å². The fraction of sp³-hybridized carbons (Fsp3) is 0.818. The Morgan fingerprint density at radius 2 is 1.91 bits per heavy atom. The first kappa shape index (κ1) is 26.3. The summed E-state index contributed by atoms with van der Waals surface area (Å²) in [6.45, 7) is 5.54. The molecule has 11 heteroatoms. The molecule has 3 heterocycles. The van der Waals surface area contributed by atoms with Gasteiger partial charge in [0.05, 0.1) is 12.0 Å². The third kappa shape index (κ3) is 7.60. The molecule has 2 unspecified atom stereocenters. The number of hydrogen-bond donors (Lipinski definition) is 1. The summed E-state index contributed by atoms with van der Waals surface area (Å²) in [6, 6.07) is 0.222. The molecule has 186 valence electrons. The van der Waals surface area contributed by atoms with E-state index in [-0.39, 0.29) is 48.5 Å². The first-order chi connectivity index (χ1) is 15.7. The van der Waals surface area contributed by atoms with Gasteiger partial charge in [-0.25, -0.2) is 4.79 Å². The number of aliphatic hydroxyl groups is 1. The Morgan fingerprint density at radius 1 is 1.18 bits per heavy atom. The Hall–Kier alpha value is -1.30. The van der Waals surface area contributed by atoms with Gasteiger partial charge in [-0.15, -0.1) is 5.06 Å². The van der Waals surface area contributed by atoms with Gasteiger partial charge in [0, 0.05) is 49.3 Å². The van der Waals surface area contributed by atoms with Crippen molar-refractivity contribution in [1.29, 1.82) is 0 Å². The summed E-state index contributed by atoms with van der Waals surface area (Å²) in [5.41, 5.74) is 0. The van der Waals surface area contributed by atoms with Crippen LogP contribution in [0.15, 0.2) is 0 Å². The highest BCUT2D eigenvalue weighted by atomic mass is 33.1. The Morgan fingerprint density at radius 3 is 2.64 bits per heavy atom. The molecule has 5 atom stereocenters. The molecule has 0 spiro atoms. The third-order valence-corrected chi connectivity index (χ3v) is 9.30. The van der Waals surface area contributed by atoms with Crippen molar-refractivity contribution in [3.05, 3.63) is 0 Å². The summed E-state index contributed by atoms with van der Waals surface area (Å²) in [7, 11) is 3.27. The molecule has 33 heavy (non-hydrogen) atoms. The van der Waals surface area contributed by atoms with E-state index in [0.717, 1.165) is 25.1 Å². The lowest BCUT2D eigenvalue weighted by Gasteiger charge is -2.38. The minimum Gasteiger partial charge on any atom is -0.461 e. The van der Waals surface area contributed by atoms with Crippen LogP contribution < -0.4 is 0 Å². The lowest BCUT2D eigenvalue weighted by atomic mass is 9.97. The Labute approximate surface area is 202 Å². The fourth-order valence-corrected chi connectivity index (χ4v) is 6.88. The van der Waals surface area contributed by atoms with Crippen LogP contribution in [0, 0.1) is 5.92 Å². The molecule has 0 aliphatic carbocycles. The van der Waals surface area contributed by atoms with E-state index in [0.29, 0.717) is 30.9 Å². The maximum absolute atomic E-state index is 12.5. The molecule has 0 radical (unpaired) electrons. The fourth-order valence-electron chi connectivity index (χ4n) is 4.32. The molecule has 1 N–H and O–H groups in total.